The van der Waals surface area contributed by atoms with Gasteiger partial charge in [0.05, 0.1) is 5.56 Å². The van der Waals surface area contributed by atoms with Crippen LogP contribution in [0.3, 0.4) is 0 Å². The van der Waals surface area contributed by atoms with Crippen molar-refractivity contribution in [3.05, 3.63) is 29.8 Å². The van der Waals surface area contributed by atoms with Crippen LogP contribution in [-0.2, 0) is 14.2 Å². The van der Waals surface area contributed by atoms with Crippen LogP contribution in [0, 0.1) is 0 Å². The zero-order valence-corrected chi connectivity index (χ0v) is 12.2. The van der Waals surface area contributed by atoms with Crippen molar-refractivity contribution in [3.8, 4) is 5.75 Å². The van der Waals surface area contributed by atoms with Crippen molar-refractivity contribution in [1.82, 2.24) is 0 Å². The molecule has 1 N–H and O–H groups in total. The molecule has 0 saturated heterocycles. The van der Waals surface area contributed by atoms with E-state index < -0.39 is 18.5 Å². The fraction of sp³-hybridized carbons (Fsp3) is 0.533. The van der Waals surface area contributed by atoms with E-state index in [-0.39, 0.29) is 5.75 Å². The largest absolute Gasteiger partial charge is 0.508 e. The van der Waals surface area contributed by atoms with Gasteiger partial charge in [-0.25, -0.2) is 4.79 Å². The smallest absolute Gasteiger partial charge is 0.340 e. The summed E-state index contributed by atoms with van der Waals surface area (Å²) in [6.45, 7) is 6.10. The van der Waals surface area contributed by atoms with Crippen LogP contribution < -0.4 is 0 Å². The minimum atomic E-state index is -0.701. The van der Waals surface area contributed by atoms with E-state index in [2.05, 4.69) is 6.92 Å². The molecule has 2 atom stereocenters. The van der Waals surface area contributed by atoms with Crippen LogP contribution in [0.4, 0.5) is 0 Å². The Morgan fingerprint density at radius 3 is 2.45 bits per heavy atom. The van der Waals surface area contributed by atoms with Crippen LogP contribution >= 0.6 is 0 Å². The summed E-state index contributed by atoms with van der Waals surface area (Å²) >= 11 is 0. The van der Waals surface area contributed by atoms with E-state index in [4.69, 9.17) is 19.3 Å². The third kappa shape index (κ3) is 6.04. The van der Waals surface area contributed by atoms with Crippen LogP contribution in [0.2, 0.25) is 0 Å². The summed E-state index contributed by atoms with van der Waals surface area (Å²) in [7, 11) is 0. The predicted octanol–water partition coefficient (Wildman–Crippen LogP) is 3.07. The minimum absolute atomic E-state index is 0.101. The molecule has 112 valence electrons. The lowest BCUT2D eigenvalue weighted by molar-refractivity contribution is -0.213. The molecular formula is C15H22O5. The molecule has 5 nitrogen and oxygen atoms in total. The Labute approximate surface area is 119 Å². The summed E-state index contributed by atoms with van der Waals surface area (Å²) in [5.41, 5.74) is 0.359. The van der Waals surface area contributed by atoms with Crippen molar-refractivity contribution in [2.24, 2.45) is 0 Å². The van der Waals surface area contributed by atoms with Crippen molar-refractivity contribution in [2.75, 3.05) is 6.61 Å². The molecule has 1 aromatic carbocycles. The zero-order valence-electron chi connectivity index (χ0n) is 12.2. The summed E-state index contributed by atoms with van der Waals surface area (Å²) < 4.78 is 15.9. The van der Waals surface area contributed by atoms with Crippen LogP contribution in [-0.4, -0.2) is 30.3 Å². The highest BCUT2D eigenvalue weighted by atomic mass is 16.8. The summed E-state index contributed by atoms with van der Waals surface area (Å²) in [6.07, 6.45) is 0.894. The third-order valence-corrected chi connectivity index (χ3v) is 2.61. The van der Waals surface area contributed by atoms with Gasteiger partial charge in [0.15, 0.2) is 6.29 Å². The van der Waals surface area contributed by atoms with Gasteiger partial charge in [-0.2, -0.15) is 0 Å². The number of esters is 1. The molecule has 0 aliphatic carbocycles. The molecule has 1 rings (SSSR count). The van der Waals surface area contributed by atoms with E-state index in [1.807, 2.05) is 0 Å². The lowest BCUT2D eigenvalue weighted by atomic mass is 10.2. The van der Waals surface area contributed by atoms with Crippen LogP contribution in [0.25, 0.3) is 0 Å². The Morgan fingerprint density at radius 2 is 1.85 bits per heavy atom. The topological polar surface area (TPSA) is 65.0 Å². The Kier molecular flexibility index (Phi) is 7.04. The molecule has 0 fully saturated rings. The SMILES string of the molecule is CCCCOC(C)OC(C)OC(=O)c1ccc(O)cc1. The zero-order chi connectivity index (χ0) is 15.0. The van der Waals surface area contributed by atoms with Crippen molar-refractivity contribution in [1.29, 1.82) is 0 Å². The highest BCUT2D eigenvalue weighted by Crippen LogP contribution is 2.12. The molecule has 0 bridgehead atoms. The molecule has 1 aromatic rings. The quantitative estimate of drug-likeness (QED) is 0.451. The van der Waals surface area contributed by atoms with Gasteiger partial charge < -0.3 is 19.3 Å². The van der Waals surface area contributed by atoms with E-state index in [1.165, 1.54) is 24.3 Å². The lowest BCUT2D eigenvalue weighted by Crippen LogP contribution is -2.25. The number of phenols is 1. The monoisotopic (exact) mass is 282 g/mol. The first-order valence-electron chi connectivity index (χ1n) is 6.80. The maximum Gasteiger partial charge on any atom is 0.340 e. The van der Waals surface area contributed by atoms with Gasteiger partial charge in [0, 0.05) is 6.61 Å². The number of hydrogen-bond donors (Lipinski definition) is 1. The highest BCUT2D eigenvalue weighted by molar-refractivity contribution is 5.89. The summed E-state index contributed by atoms with van der Waals surface area (Å²) in [5.74, 6) is -0.401. The molecule has 0 radical (unpaired) electrons. The summed E-state index contributed by atoms with van der Waals surface area (Å²) in [6, 6.07) is 5.84. The van der Waals surface area contributed by atoms with Crippen molar-refractivity contribution >= 4 is 5.97 Å². The first kappa shape index (κ1) is 16.5. The molecular weight excluding hydrogens is 260 g/mol. The Hall–Kier alpha value is -1.59. The number of hydrogen-bond acceptors (Lipinski definition) is 5. The van der Waals surface area contributed by atoms with Crippen molar-refractivity contribution in [2.45, 2.75) is 46.2 Å². The average molecular weight is 282 g/mol. The van der Waals surface area contributed by atoms with E-state index in [0.717, 1.165) is 12.8 Å². The second kappa shape index (κ2) is 8.55. The molecule has 0 saturated carbocycles. The molecule has 0 spiro atoms. The predicted molar refractivity (Wildman–Crippen MR) is 74.4 cm³/mol. The third-order valence-electron chi connectivity index (χ3n) is 2.61. The molecule has 0 aliphatic rings. The number of phenolic OH excluding ortho intramolecular Hbond substituents is 1. The Bertz CT molecular complexity index is 401. The molecule has 0 heterocycles. The second-order valence-corrected chi connectivity index (χ2v) is 4.45. The van der Waals surface area contributed by atoms with Crippen LogP contribution in [0.1, 0.15) is 44.0 Å². The molecule has 20 heavy (non-hydrogen) atoms. The van der Waals surface area contributed by atoms with Gasteiger partial charge in [-0.1, -0.05) is 13.3 Å². The van der Waals surface area contributed by atoms with Crippen molar-refractivity contribution in [3.63, 3.8) is 0 Å². The average Bonchev–Trinajstić information content (AvgIpc) is 2.39. The lowest BCUT2D eigenvalue weighted by Gasteiger charge is -2.19. The number of ether oxygens (including phenoxy) is 3. The van der Waals surface area contributed by atoms with Gasteiger partial charge in [0.1, 0.15) is 5.75 Å². The van der Waals surface area contributed by atoms with Crippen LogP contribution in [0.5, 0.6) is 5.75 Å². The van der Waals surface area contributed by atoms with Gasteiger partial charge in [-0.3, -0.25) is 0 Å². The maximum absolute atomic E-state index is 11.8. The van der Waals surface area contributed by atoms with Gasteiger partial charge in [0.25, 0.3) is 0 Å². The van der Waals surface area contributed by atoms with E-state index in [9.17, 15) is 4.79 Å². The number of carbonyl (C=O) groups is 1. The number of aromatic hydroxyl groups is 1. The van der Waals surface area contributed by atoms with E-state index in [0.29, 0.717) is 12.2 Å². The van der Waals surface area contributed by atoms with Gasteiger partial charge >= 0.3 is 5.97 Å². The number of benzene rings is 1. The summed E-state index contributed by atoms with van der Waals surface area (Å²) in [4.78, 5) is 11.8. The molecule has 0 aromatic heterocycles. The number of unbranched alkanes of at least 4 members (excludes halogenated alkanes) is 1. The Balaban J connectivity index is 2.35. The minimum Gasteiger partial charge on any atom is -0.508 e. The summed E-state index contributed by atoms with van der Waals surface area (Å²) in [5, 5.41) is 9.15. The number of rotatable bonds is 8. The van der Waals surface area contributed by atoms with Gasteiger partial charge in [-0.15, -0.1) is 0 Å². The fourth-order valence-corrected chi connectivity index (χ4v) is 1.55. The van der Waals surface area contributed by atoms with Crippen LogP contribution in [0.15, 0.2) is 24.3 Å². The van der Waals surface area contributed by atoms with Gasteiger partial charge in [-0.05, 0) is 44.5 Å². The molecule has 0 amide bonds. The highest BCUT2D eigenvalue weighted by Gasteiger charge is 2.15. The molecule has 5 heteroatoms. The number of carbonyl (C=O) groups excluding carboxylic acids is 1. The maximum atomic E-state index is 11.8. The van der Waals surface area contributed by atoms with E-state index >= 15 is 0 Å². The van der Waals surface area contributed by atoms with Gasteiger partial charge in [0.2, 0.25) is 6.29 Å². The Morgan fingerprint density at radius 1 is 1.20 bits per heavy atom. The normalized spacial score (nSPS) is 13.8. The molecule has 2 unspecified atom stereocenters. The first-order chi connectivity index (χ1) is 9.52. The fourth-order valence-electron chi connectivity index (χ4n) is 1.55. The standard InChI is InChI=1S/C15H22O5/c1-4-5-10-18-11(2)19-12(3)20-15(17)13-6-8-14(16)9-7-13/h6-9,11-12,16H,4-5,10H2,1-3H3. The first-order valence-corrected chi connectivity index (χ1v) is 6.80. The van der Waals surface area contributed by atoms with Crippen molar-refractivity contribution < 1.29 is 24.1 Å². The molecule has 0 aliphatic heterocycles. The second-order valence-electron chi connectivity index (χ2n) is 4.45. The van der Waals surface area contributed by atoms with E-state index in [1.54, 1.807) is 13.8 Å².